The Balaban J connectivity index is 1.29. The highest BCUT2D eigenvalue weighted by Gasteiger charge is 2.34. The van der Waals surface area contributed by atoms with Crippen LogP contribution in [-0.4, -0.2) is 85.2 Å². The van der Waals surface area contributed by atoms with Crippen molar-refractivity contribution in [3.63, 3.8) is 0 Å². The van der Waals surface area contributed by atoms with E-state index in [1.807, 2.05) is 0 Å². The van der Waals surface area contributed by atoms with Crippen LogP contribution in [0.3, 0.4) is 0 Å². The van der Waals surface area contributed by atoms with Crippen LogP contribution in [-0.2, 0) is 6.18 Å². The van der Waals surface area contributed by atoms with E-state index in [1.54, 1.807) is 6.07 Å². The largest absolute Gasteiger partial charge is 0.416 e. The number of likely N-dealkylation sites (tertiary alicyclic amines) is 2. The molecule has 1 aromatic rings. The summed E-state index contributed by atoms with van der Waals surface area (Å²) < 4.78 is 39.2. The molecule has 3 fully saturated rings. The van der Waals surface area contributed by atoms with Crippen LogP contribution in [0.2, 0.25) is 0 Å². The van der Waals surface area contributed by atoms with Crippen molar-refractivity contribution >= 4 is 5.69 Å². The molecular weight excluding hydrogens is 401 g/mol. The zero-order valence-corrected chi connectivity index (χ0v) is 18.9. The van der Waals surface area contributed by atoms with Gasteiger partial charge in [-0.25, -0.2) is 0 Å². The molecule has 3 heterocycles. The fourth-order valence-electron chi connectivity index (χ4n) is 5.60. The number of rotatable bonds is 4. The van der Waals surface area contributed by atoms with Crippen molar-refractivity contribution in [2.24, 2.45) is 0 Å². The number of nitrogens with zero attached hydrogens (tertiary/aromatic N) is 4. The van der Waals surface area contributed by atoms with E-state index < -0.39 is 11.7 Å². The molecule has 7 heteroatoms. The van der Waals surface area contributed by atoms with Crippen molar-refractivity contribution in [2.45, 2.75) is 63.8 Å². The summed E-state index contributed by atoms with van der Waals surface area (Å²) in [5.41, 5.74) is 0.135. The Morgan fingerprint density at radius 2 is 1.55 bits per heavy atom. The zero-order valence-electron chi connectivity index (χ0n) is 18.9. The predicted molar refractivity (Wildman–Crippen MR) is 120 cm³/mol. The minimum atomic E-state index is -4.28. The van der Waals surface area contributed by atoms with E-state index in [0.717, 1.165) is 38.8 Å². The maximum absolute atomic E-state index is 13.1. The average Bonchev–Trinajstić information content (AvgIpc) is 2.79. The summed E-state index contributed by atoms with van der Waals surface area (Å²) in [4.78, 5) is 10.0. The van der Waals surface area contributed by atoms with E-state index in [4.69, 9.17) is 0 Å². The molecule has 31 heavy (non-hydrogen) atoms. The fourth-order valence-corrected chi connectivity index (χ4v) is 5.60. The molecule has 3 aliphatic heterocycles. The predicted octanol–water partition coefficient (Wildman–Crippen LogP) is 4.16. The van der Waals surface area contributed by atoms with Crippen molar-refractivity contribution in [1.29, 1.82) is 0 Å². The molecule has 174 valence electrons. The molecule has 0 aliphatic carbocycles. The third kappa shape index (κ3) is 5.55. The highest BCUT2D eigenvalue weighted by molar-refractivity contribution is 5.49. The first-order valence-electron chi connectivity index (χ1n) is 12.0. The Hall–Kier alpha value is -1.31. The quantitative estimate of drug-likeness (QED) is 0.700. The average molecular weight is 439 g/mol. The lowest BCUT2D eigenvalue weighted by Gasteiger charge is -2.47. The third-order valence-electron chi connectivity index (χ3n) is 7.54. The lowest BCUT2D eigenvalue weighted by Crippen LogP contribution is -2.57. The summed E-state index contributed by atoms with van der Waals surface area (Å²) in [5.74, 6) is 0. The molecule has 3 saturated heterocycles. The van der Waals surface area contributed by atoms with Gasteiger partial charge in [0.25, 0.3) is 0 Å². The third-order valence-corrected chi connectivity index (χ3v) is 7.54. The van der Waals surface area contributed by atoms with Gasteiger partial charge in [-0.15, -0.1) is 0 Å². The molecule has 0 spiro atoms. The molecule has 4 nitrogen and oxygen atoms in total. The standard InChI is InChI=1S/C24H37F3N4/c1-19(2)28-11-8-21(9-12-28)31-10-4-7-23(18-31)30-15-13-29(14-16-30)22-6-3-5-20(17-22)24(25,26)27/h3,5-6,17,19,21,23H,4,7-16,18H2,1-2H3. The topological polar surface area (TPSA) is 13.0 Å². The summed E-state index contributed by atoms with van der Waals surface area (Å²) in [6, 6.07) is 7.71. The van der Waals surface area contributed by atoms with Crippen molar-refractivity contribution in [2.75, 3.05) is 57.3 Å². The molecule has 0 N–H and O–H groups in total. The van der Waals surface area contributed by atoms with Crippen molar-refractivity contribution in [3.8, 4) is 0 Å². The lowest BCUT2D eigenvalue weighted by atomic mass is 9.96. The van der Waals surface area contributed by atoms with Crippen LogP contribution in [0.25, 0.3) is 0 Å². The van der Waals surface area contributed by atoms with Crippen LogP contribution in [0.5, 0.6) is 0 Å². The van der Waals surface area contributed by atoms with E-state index >= 15 is 0 Å². The maximum Gasteiger partial charge on any atom is 0.416 e. The molecular formula is C24H37F3N4. The zero-order chi connectivity index (χ0) is 22.0. The number of hydrogen-bond donors (Lipinski definition) is 0. The van der Waals surface area contributed by atoms with E-state index in [1.165, 1.54) is 57.5 Å². The number of benzene rings is 1. The number of piperidine rings is 2. The van der Waals surface area contributed by atoms with Crippen LogP contribution in [0.15, 0.2) is 24.3 Å². The Bertz CT molecular complexity index is 707. The Morgan fingerprint density at radius 1 is 0.839 bits per heavy atom. The van der Waals surface area contributed by atoms with E-state index in [9.17, 15) is 13.2 Å². The smallest absolute Gasteiger partial charge is 0.369 e. The number of halogens is 3. The van der Waals surface area contributed by atoms with Gasteiger partial charge in [0.05, 0.1) is 5.56 Å². The summed E-state index contributed by atoms with van der Waals surface area (Å²) >= 11 is 0. The van der Waals surface area contributed by atoms with Crippen LogP contribution < -0.4 is 4.90 Å². The maximum atomic E-state index is 13.1. The highest BCUT2D eigenvalue weighted by atomic mass is 19.4. The van der Waals surface area contributed by atoms with Gasteiger partial charge in [0.2, 0.25) is 0 Å². The SMILES string of the molecule is CC(C)N1CCC(N2CCCC(N3CCN(c4cccc(C(F)(F)F)c4)CC3)C2)CC1. The van der Waals surface area contributed by atoms with Gasteiger partial charge in [0, 0.05) is 56.5 Å². The molecule has 1 aromatic carbocycles. The van der Waals surface area contributed by atoms with Gasteiger partial charge in [-0.3, -0.25) is 9.80 Å². The normalized spacial score (nSPS) is 26.0. The number of piperazine rings is 1. The summed E-state index contributed by atoms with van der Waals surface area (Å²) in [6.45, 7) is 12.8. The van der Waals surface area contributed by atoms with Gasteiger partial charge in [0.15, 0.2) is 0 Å². The van der Waals surface area contributed by atoms with Gasteiger partial charge in [0.1, 0.15) is 0 Å². The fraction of sp³-hybridized carbons (Fsp3) is 0.750. The van der Waals surface area contributed by atoms with Gasteiger partial charge in [-0.05, 0) is 77.4 Å². The Labute approximate surface area is 185 Å². The summed E-state index contributed by atoms with van der Waals surface area (Å²) in [7, 11) is 0. The van der Waals surface area contributed by atoms with Crippen LogP contribution in [0.4, 0.5) is 18.9 Å². The van der Waals surface area contributed by atoms with Crippen molar-refractivity contribution < 1.29 is 13.2 Å². The Morgan fingerprint density at radius 3 is 2.19 bits per heavy atom. The molecule has 4 rings (SSSR count). The van der Waals surface area contributed by atoms with E-state index in [2.05, 4.69) is 33.4 Å². The van der Waals surface area contributed by atoms with Crippen LogP contribution >= 0.6 is 0 Å². The minimum Gasteiger partial charge on any atom is -0.369 e. The van der Waals surface area contributed by atoms with E-state index in [0.29, 0.717) is 23.8 Å². The van der Waals surface area contributed by atoms with Gasteiger partial charge >= 0.3 is 6.18 Å². The van der Waals surface area contributed by atoms with Gasteiger partial charge in [-0.2, -0.15) is 13.2 Å². The molecule has 0 bridgehead atoms. The number of alkyl halides is 3. The lowest BCUT2D eigenvalue weighted by molar-refractivity contribution is -0.137. The molecule has 0 aromatic heterocycles. The molecule has 1 unspecified atom stereocenters. The van der Waals surface area contributed by atoms with Gasteiger partial charge < -0.3 is 9.80 Å². The second kappa shape index (κ2) is 9.67. The number of anilines is 1. The van der Waals surface area contributed by atoms with Crippen LogP contribution in [0, 0.1) is 0 Å². The van der Waals surface area contributed by atoms with Crippen LogP contribution in [0.1, 0.15) is 45.1 Å². The number of hydrogen-bond acceptors (Lipinski definition) is 4. The first-order chi connectivity index (χ1) is 14.8. The summed E-state index contributed by atoms with van der Waals surface area (Å²) in [5, 5.41) is 0. The summed E-state index contributed by atoms with van der Waals surface area (Å²) in [6.07, 6.45) is 0.755. The minimum absolute atomic E-state index is 0.557. The second-order valence-corrected chi connectivity index (χ2v) is 9.72. The monoisotopic (exact) mass is 438 g/mol. The molecule has 0 amide bonds. The first kappa shape index (κ1) is 22.9. The second-order valence-electron chi connectivity index (χ2n) is 9.72. The molecule has 0 radical (unpaired) electrons. The molecule has 3 aliphatic rings. The van der Waals surface area contributed by atoms with Crippen molar-refractivity contribution in [1.82, 2.24) is 14.7 Å². The molecule has 0 saturated carbocycles. The molecule has 1 atom stereocenters. The van der Waals surface area contributed by atoms with Gasteiger partial charge in [-0.1, -0.05) is 6.07 Å². The Kier molecular flexibility index (Phi) is 7.14. The van der Waals surface area contributed by atoms with E-state index in [-0.39, 0.29) is 0 Å². The van der Waals surface area contributed by atoms with Crippen molar-refractivity contribution in [3.05, 3.63) is 29.8 Å². The highest BCUT2D eigenvalue weighted by Crippen LogP contribution is 2.32. The first-order valence-corrected chi connectivity index (χ1v) is 12.0.